The molecule has 0 radical (unpaired) electrons. The van der Waals surface area contributed by atoms with Crippen LogP contribution in [0.15, 0.2) is 11.4 Å². The topological polar surface area (TPSA) is 122 Å². The average Bonchev–Trinajstić information content (AvgIpc) is 2.86. The largest absolute Gasteiger partial charge is 0.480 e. The van der Waals surface area contributed by atoms with Crippen LogP contribution in [-0.4, -0.2) is 29.1 Å². The lowest BCUT2D eigenvalue weighted by Crippen LogP contribution is -2.48. The molecule has 8 heteroatoms. The van der Waals surface area contributed by atoms with Gasteiger partial charge >= 0.3 is 12.0 Å². The first-order valence-corrected chi connectivity index (χ1v) is 7.49. The third kappa shape index (κ3) is 3.94. The first-order valence-electron chi connectivity index (χ1n) is 6.61. The second-order valence-electron chi connectivity index (χ2n) is 4.92. The number of hydrogen-bond donors (Lipinski definition) is 4. The minimum absolute atomic E-state index is 0.122. The molecule has 1 aromatic rings. The second-order valence-corrected chi connectivity index (χ2v) is 5.92. The number of nitrogens with one attached hydrogen (secondary N) is 2. The van der Waals surface area contributed by atoms with E-state index in [2.05, 4.69) is 10.6 Å². The fraction of sp³-hybridized carbons (Fsp3) is 0.462. The Balaban J connectivity index is 1.96. The molecular weight excluding hydrogens is 294 g/mol. The van der Waals surface area contributed by atoms with Crippen molar-refractivity contribution in [1.82, 2.24) is 10.6 Å². The lowest BCUT2D eigenvalue weighted by molar-refractivity contribution is -0.140. The number of carboxylic acids is 1. The molecule has 1 aliphatic rings. The van der Waals surface area contributed by atoms with Gasteiger partial charge in [0.25, 0.3) is 0 Å². The molecule has 1 aliphatic carbocycles. The summed E-state index contributed by atoms with van der Waals surface area (Å²) in [4.78, 5) is 34.9. The SMILES string of the molecule is NC(=O)C[C@@H](NC(=O)NC1CCCc2sccc21)C(=O)O. The number of primary amides is 1. The molecule has 0 aliphatic heterocycles. The molecule has 7 nitrogen and oxygen atoms in total. The van der Waals surface area contributed by atoms with Crippen molar-refractivity contribution in [3.63, 3.8) is 0 Å². The number of hydrogen-bond acceptors (Lipinski definition) is 4. The van der Waals surface area contributed by atoms with Crippen molar-refractivity contribution < 1.29 is 19.5 Å². The molecule has 3 amide bonds. The van der Waals surface area contributed by atoms with E-state index in [-0.39, 0.29) is 6.04 Å². The lowest BCUT2D eigenvalue weighted by atomic mass is 9.94. The summed E-state index contributed by atoms with van der Waals surface area (Å²) in [5.41, 5.74) is 6.05. The van der Waals surface area contributed by atoms with E-state index in [1.807, 2.05) is 11.4 Å². The van der Waals surface area contributed by atoms with Gasteiger partial charge in [-0.1, -0.05) is 0 Å². The summed E-state index contributed by atoms with van der Waals surface area (Å²) in [6.07, 6.45) is 2.36. The Labute approximate surface area is 125 Å². The average molecular weight is 311 g/mol. The highest BCUT2D eigenvalue weighted by Gasteiger charge is 2.26. The highest BCUT2D eigenvalue weighted by Crippen LogP contribution is 2.33. The fourth-order valence-corrected chi connectivity index (χ4v) is 3.38. The predicted molar refractivity (Wildman–Crippen MR) is 76.9 cm³/mol. The molecule has 21 heavy (non-hydrogen) atoms. The Kier molecular flexibility index (Phi) is 4.79. The molecule has 1 unspecified atom stereocenters. The molecule has 0 saturated heterocycles. The van der Waals surface area contributed by atoms with Gasteiger partial charge in [-0.3, -0.25) is 4.79 Å². The third-order valence-corrected chi connectivity index (χ3v) is 4.36. The summed E-state index contributed by atoms with van der Waals surface area (Å²) >= 11 is 1.66. The zero-order valence-corrected chi connectivity index (χ0v) is 12.1. The van der Waals surface area contributed by atoms with Gasteiger partial charge < -0.3 is 21.5 Å². The normalized spacial score (nSPS) is 18.4. The number of carboxylic acid groups (broad SMARTS) is 1. The van der Waals surface area contributed by atoms with E-state index < -0.39 is 30.4 Å². The fourth-order valence-electron chi connectivity index (χ4n) is 2.40. The van der Waals surface area contributed by atoms with Crippen LogP contribution in [0, 0.1) is 0 Å². The van der Waals surface area contributed by atoms with Crippen LogP contribution >= 0.6 is 11.3 Å². The summed E-state index contributed by atoms with van der Waals surface area (Å²) in [7, 11) is 0. The van der Waals surface area contributed by atoms with Gasteiger partial charge in [-0.05, 0) is 36.3 Å². The smallest absolute Gasteiger partial charge is 0.326 e. The Hall–Kier alpha value is -2.09. The van der Waals surface area contributed by atoms with E-state index in [0.29, 0.717) is 0 Å². The molecule has 0 spiro atoms. The number of aliphatic carboxylic acids is 1. The van der Waals surface area contributed by atoms with E-state index in [0.717, 1.165) is 24.8 Å². The van der Waals surface area contributed by atoms with Crippen LogP contribution in [-0.2, 0) is 16.0 Å². The lowest BCUT2D eigenvalue weighted by Gasteiger charge is -2.24. The zero-order valence-electron chi connectivity index (χ0n) is 11.3. The molecule has 5 N–H and O–H groups in total. The van der Waals surface area contributed by atoms with E-state index >= 15 is 0 Å². The van der Waals surface area contributed by atoms with Crippen LogP contribution in [0.25, 0.3) is 0 Å². The molecule has 0 bridgehead atoms. The quantitative estimate of drug-likeness (QED) is 0.641. The molecule has 0 saturated carbocycles. The van der Waals surface area contributed by atoms with Crippen LogP contribution in [0.2, 0.25) is 0 Å². The van der Waals surface area contributed by atoms with Crippen molar-refractivity contribution >= 4 is 29.2 Å². The highest BCUT2D eigenvalue weighted by molar-refractivity contribution is 7.10. The van der Waals surface area contributed by atoms with Crippen LogP contribution in [0.5, 0.6) is 0 Å². The second kappa shape index (κ2) is 6.57. The van der Waals surface area contributed by atoms with Crippen LogP contribution < -0.4 is 16.4 Å². The zero-order chi connectivity index (χ0) is 15.4. The molecule has 1 aromatic heterocycles. The van der Waals surface area contributed by atoms with E-state index in [1.165, 1.54) is 4.88 Å². The van der Waals surface area contributed by atoms with Gasteiger partial charge in [0.15, 0.2) is 0 Å². The van der Waals surface area contributed by atoms with Gasteiger partial charge in [-0.2, -0.15) is 0 Å². The number of carbonyl (C=O) groups is 3. The summed E-state index contributed by atoms with van der Waals surface area (Å²) in [5.74, 6) is -2.07. The van der Waals surface area contributed by atoms with Crippen molar-refractivity contribution in [3.8, 4) is 0 Å². The Morgan fingerprint density at radius 2 is 2.24 bits per heavy atom. The molecule has 0 aromatic carbocycles. The number of thiophene rings is 1. The summed E-state index contributed by atoms with van der Waals surface area (Å²) in [6.45, 7) is 0. The van der Waals surface area contributed by atoms with Crippen molar-refractivity contribution in [2.75, 3.05) is 0 Å². The maximum Gasteiger partial charge on any atom is 0.326 e. The maximum absolute atomic E-state index is 11.9. The van der Waals surface area contributed by atoms with Crippen molar-refractivity contribution in [1.29, 1.82) is 0 Å². The molecule has 2 atom stereocenters. The number of fused-ring (bicyclic) bond motifs is 1. The molecule has 2 rings (SSSR count). The van der Waals surface area contributed by atoms with Gasteiger partial charge in [0.1, 0.15) is 6.04 Å². The maximum atomic E-state index is 11.9. The minimum Gasteiger partial charge on any atom is -0.480 e. The number of carbonyl (C=O) groups excluding carboxylic acids is 2. The molecule has 114 valence electrons. The van der Waals surface area contributed by atoms with Gasteiger partial charge in [0.2, 0.25) is 5.91 Å². The first-order chi connectivity index (χ1) is 9.97. The van der Waals surface area contributed by atoms with Gasteiger partial charge in [0, 0.05) is 4.88 Å². The number of rotatable bonds is 5. The predicted octanol–water partition coefficient (Wildman–Crippen LogP) is 0.753. The van der Waals surface area contributed by atoms with E-state index in [9.17, 15) is 14.4 Å². The molecule has 0 fully saturated rings. The standard InChI is InChI=1S/C13H17N3O4S/c14-11(17)6-9(12(18)19)16-13(20)15-8-2-1-3-10-7(8)4-5-21-10/h4-5,8-9H,1-3,6H2,(H2,14,17)(H,18,19)(H2,15,16,20)/t8?,9-/m1/s1. The molecule has 1 heterocycles. The Bertz CT molecular complexity index is 557. The monoisotopic (exact) mass is 311 g/mol. The number of amides is 3. The van der Waals surface area contributed by atoms with Crippen LogP contribution in [0.1, 0.15) is 35.7 Å². The van der Waals surface area contributed by atoms with Crippen molar-refractivity contribution in [2.45, 2.75) is 37.8 Å². The summed E-state index contributed by atoms with van der Waals surface area (Å²) in [6, 6.07) is -0.0638. The van der Waals surface area contributed by atoms with Gasteiger partial charge in [-0.15, -0.1) is 11.3 Å². The van der Waals surface area contributed by atoms with Crippen molar-refractivity contribution in [2.24, 2.45) is 5.73 Å². The van der Waals surface area contributed by atoms with Crippen LogP contribution in [0.3, 0.4) is 0 Å². The van der Waals surface area contributed by atoms with Crippen LogP contribution in [0.4, 0.5) is 4.79 Å². The van der Waals surface area contributed by atoms with E-state index in [4.69, 9.17) is 10.8 Å². The number of nitrogens with two attached hydrogens (primary N) is 1. The van der Waals surface area contributed by atoms with E-state index in [1.54, 1.807) is 11.3 Å². The molecular formula is C13H17N3O4S. The summed E-state index contributed by atoms with van der Waals surface area (Å²) < 4.78 is 0. The Morgan fingerprint density at radius 1 is 1.48 bits per heavy atom. The Morgan fingerprint density at radius 3 is 2.90 bits per heavy atom. The summed E-state index contributed by atoms with van der Waals surface area (Å²) in [5, 5.41) is 16.0. The van der Waals surface area contributed by atoms with Crippen molar-refractivity contribution in [3.05, 3.63) is 21.9 Å². The first kappa shape index (κ1) is 15.3. The van der Waals surface area contributed by atoms with Gasteiger partial charge in [0.05, 0.1) is 12.5 Å². The highest BCUT2D eigenvalue weighted by atomic mass is 32.1. The number of urea groups is 1. The number of aryl methyl sites for hydroxylation is 1. The third-order valence-electron chi connectivity index (χ3n) is 3.37. The minimum atomic E-state index is -1.31. The van der Waals surface area contributed by atoms with Gasteiger partial charge in [-0.25, -0.2) is 9.59 Å².